The molecule has 0 aliphatic carbocycles. The lowest BCUT2D eigenvalue weighted by Gasteiger charge is -2.09. The molecular weight excluding hydrogens is 378 g/mol. The van der Waals surface area contributed by atoms with Crippen molar-refractivity contribution in [2.24, 2.45) is 0 Å². The number of aromatic nitrogens is 5. The lowest BCUT2D eigenvalue weighted by Crippen LogP contribution is -2.01. The van der Waals surface area contributed by atoms with Crippen LogP contribution >= 0.6 is 0 Å². The number of benzene rings is 2. The van der Waals surface area contributed by atoms with Crippen LogP contribution in [0.4, 0.5) is 11.6 Å². The van der Waals surface area contributed by atoms with Crippen LogP contribution in [0.3, 0.4) is 0 Å². The molecule has 0 aliphatic heterocycles. The lowest BCUT2D eigenvalue weighted by molar-refractivity contribution is 0.442. The summed E-state index contributed by atoms with van der Waals surface area (Å²) in [5.74, 6) is 0.980. The van der Waals surface area contributed by atoms with Gasteiger partial charge in [-0.3, -0.25) is 4.40 Å². The minimum atomic E-state index is 0.288. The minimum Gasteiger partial charge on any atom is -0.424 e. The van der Waals surface area contributed by atoms with Crippen LogP contribution in [0.15, 0.2) is 79.3 Å². The van der Waals surface area contributed by atoms with Crippen molar-refractivity contribution >= 4 is 17.3 Å². The monoisotopic (exact) mass is 395 g/mol. The summed E-state index contributed by atoms with van der Waals surface area (Å²) in [6, 6.07) is 19.0. The van der Waals surface area contributed by atoms with E-state index < -0.39 is 0 Å². The second kappa shape index (κ2) is 7.17. The Labute approximate surface area is 171 Å². The summed E-state index contributed by atoms with van der Waals surface area (Å²) >= 11 is 0. The number of fused-ring (bicyclic) bond motifs is 1. The fourth-order valence-corrected chi connectivity index (χ4v) is 3.25. The number of ether oxygens (including phenoxy) is 1. The van der Waals surface area contributed by atoms with Crippen LogP contribution in [-0.4, -0.2) is 24.3 Å². The van der Waals surface area contributed by atoms with Crippen LogP contribution in [-0.2, 0) is 0 Å². The van der Waals surface area contributed by atoms with Gasteiger partial charge in [0.1, 0.15) is 11.4 Å². The number of imidazole rings is 1. The summed E-state index contributed by atoms with van der Waals surface area (Å²) in [7, 11) is 0. The molecule has 3 aromatic heterocycles. The molecule has 0 unspecified atom stereocenters. The Bertz CT molecular complexity index is 1310. The Balaban J connectivity index is 1.62. The third-order valence-corrected chi connectivity index (χ3v) is 4.63. The molecule has 4 N–H and O–H groups in total. The molecule has 0 aliphatic rings. The van der Waals surface area contributed by atoms with E-state index in [2.05, 4.69) is 15.0 Å². The fourth-order valence-electron chi connectivity index (χ4n) is 3.25. The molecule has 5 rings (SSSR count). The summed E-state index contributed by atoms with van der Waals surface area (Å²) in [6.07, 6.45) is 4.90. The molecule has 0 fully saturated rings. The van der Waals surface area contributed by atoms with Crippen molar-refractivity contribution < 1.29 is 4.74 Å². The van der Waals surface area contributed by atoms with Gasteiger partial charge in [0.2, 0.25) is 5.95 Å². The Morgan fingerprint density at radius 1 is 0.733 bits per heavy atom. The fraction of sp³-hybridized carbons (Fsp3) is 0. The highest BCUT2D eigenvalue weighted by molar-refractivity contribution is 5.83. The highest BCUT2D eigenvalue weighted by atomic mass is 16.5. The zero-order valence-corrected chi connectivity index (χ0v) is 15.8. The number of rotatable bonds is 4. The Morgan fingerprint density at radius 2 is 1.43 bits per heavy atom. The van der Waals surface area contributed by atoms with Crippen LogP contribution in [0.2, 0.25) is 0 Å². The molecule has 5 aromatic rings. The number of nitrogen functional groups attached to an aromatic ring is 2. The molecule has 0 bridgehead atoms. The van der Waals surface area contributed by atoms with E-state index in [-0.39, 0.29) is 6.01 Å². The number of nitrogens with two attached hydrogens (primary N) is 2. The van der Waals surface area contributed by atoms with Crippen molar-refractivity contribution in [1.82, 2.24) is 24.3 Å². The zero-order valence-electron chi connectivity index (χ0n) is 15.8. The first kappa shape index (κ1) is 17.6. The average Bonchev–Trinajstić information content (AvgIpc) is 3.16. The molecule has 3 heterocycles. The van der Waals surface area contributed by atoms with Crippen molar-refractivity contribution in [3.63, 3.8) is 0 Å². The van der Waals surface area contributed by atoms with Gasteiger partial charge in [0.25, 0.3) is 0 Å². The summed E-state index contributed by atoms with van der Waals surface area (Å²) in [4.78, 5) is 17.2. The summed E-state index contributed by atoms with van der Waals surface area (Å²) in [6.45, 7) is 0. The van der Waals surface area contributed by atoms with Crippen LogP contribution in [0.25, 0.3) is 28.2 Å². The van der Waals surface area contributed by atoms with Gasteiger partial charge in [-0.2, -0.15) is 0 Å². The second-order valence-corrected chi connectivity index (χ2v) is 6.59. The van der Waals surface area contributed by atoms with Gasteiger partial charge in [0.15, 0.2) is 0 Å². The molecule has 0 amide bonds. The molecule has 30 heavy (non-hydrogen) atoms. The second-order valence-electron chi connectivity index (χ2n) is 6.59. The van der Waals surface area contributed by atoms with Crippen LogP contribution in [0, 0.1) is 0 Å². The van der Waals surface area contributed by atoms with Gasteiger partial charge < -0.3 is 16.2 Å². The number of nitrogens with zero attached hydrogens (tertiary/aromatic N) is 5. The van der Waals surface area contributed by atoms with Crippen molar-refractivity contribution in [2.75, 3.05) is 11.5 Å². The van der Waals surface area contributed by atoms with Crippen LogP contribution < -0.4 is 16.2 Å². The summed E-state index contributed by atoms with van der Waals surface area (Å²) in [5, 5.41) is 0. The largest absolute Gasteiger partial charge is 0.424 e. The SMILES string of the molecule is Nc1ccc(-c2nc3ccnc(N)n3c2-c2ccc(Oc3ncccn3)cc2)cc1. The van der Waals surface area contributed by atoms with Gasteiger partial charge in [0, 0.05) is 35.4 Å². The Morgan fingerprint density at radius 3 is 2.17 bits per heavy atom. The molecule has 0 radical (unpaired) electrons. The van der Waals surface area contributed by atoms with E-state index in [9.17, 15) is 0 Å². The van der Waals surface area contributed by atoms with Gasteiger partial charge in [0.05, 0.1) is 11.4 Å². The quantitative estimate of drug-likeness (QED) is 0.444. The zero-order chi connectivity index (χ0) is 20.5. The topological polar surface area (TPSA) is 117 Å². The number of hydrogen-bond donors (Lipinski definition) is 2. The highest BCUT2D eigenvalue weighted by Crippen LogP contribution is 2.35. The molecule has 146 valence electrons. The minimum absolute atomic E-state index is 0.288. The predicted octanol–water partition coefficient (Wildman–Crippen LogP) is 3.81. The maximum absolute atomic E-state index is 6.19. The van der Waals surface area contributed by atoms with Gasteiger partial charge in [-0.05, 0) is 48.5 Å². The molecule has 0 saturated heterocycles. The first-order valence-corrected chi connectivity index (χ1v) is 9.23. The van der Waals surface area contributed by atoms with Crippen molar-refractivity contribution in [3.05, 3.63) is 79.3 Å². The van der Waals surface area contributed by atoms with Gasteiger partial charge in [-0.25, -0.2) is 19.9 Å². The predicted molar refractivity (Wildman–Crippen MR) is 115 cm³/mol. The van der Waals surface area contributed by atoms with E-state index in [4.69, 9.17) is 21.2 Å². The molecule has 0 spiro atoms. The highest BCUT2D eigenvalue weighted by Gasteiger charge is 2.18. The number of anilines is 2. The van der Waals surface area contributed by atoms with E-state index in [0.717, 1.165) is 22.5 Å². The third-order valence-electron chi connectivity index (χ3n) is 4.63. The maximum atomic E-state index is 6.19. The molecule has 0 saturated carbocycles. The lowest BCUT2D eigenvalue weighted by atomic mass is 10.0. The normalized spacial score (nSPS) is 10.9. The third kappa shape index (κ3) is 3.16. The van der Waals surface area contributed by atoms with Crippen molar-refractivity contribution in [1.29, 1.82) is 0 Å². The van der Waals surface area contributed by atoms with E-state index in [1.165, 1.54) is 0 Å². The Kier molecular flexibility index (Phi) is 4.21. The van der Waals surface area contributed by atoms with Gasteiger partial charge in [-0.1, -0.05) is 12.1 Å². The van der Waals surface area contributed by atoms with Gasteiger partial charge in [-0.15, -0.1) is 0 Å². The summed E-state index contributed by atoms with van der Waals surface area (Å²) < 4.78 is 7.53. The van der Waals surface area contributed by atoms with E-state index in [0.29, 0.717) is 23.0 Å². The molecule has 2 aromatic carbocycles. The Hall–Kier alpha value is -4.46. The summed E-state index contributed by atoms with van der Waals surface area (Å²) in [5.41, 5.74) is 16.9. The van der Waals surface area contributed by atoms with Crippen LogP contribution in [0.5, 0.6) is 11.8 Å². The van der Waals surface area contributed by atoms with E-state index in [1.54, 1.807) is 24.7 Å². The molecule has 8 heteroatoms. The molecule has 0 atom stereocenters. The number of hydrogen-bond acceptors (Lipinski definition) is 7. The van der Waals surface area contributed by atoms with Crippen molar-refractivity contribution in [2.45, 2.75) is 0 Å². The first-order chi connectivity index (χ1) is 14.7. The van der Waals surface area contributed by atoms with Gasteiger partial charge >= 0.3 is 6.01 Å². The molecule has 8 nitrogen and oxygen atoms in total. The molecular formula is C22H17N7O. The van der Waals surface area contributed by atoms with E-state index in [1.807, 2.05) is 59.0 Å². The average molecular weight is 395 g/mol. The van der Waals surface area contributed by atoms with E-state index >= 15 is 0 Å². The van der Waals surface area contributed by atoms with Crippen molar-refractivity contribution in [3.8, 4) is 34.3 Å². The van der Waals surface area contributed by atoms with Crippen LogP contribution in [0.1, 0.15) is 0 Å². The standard InChI is InChI=1S/C22H17N7O/c23-16-6-2-14(3-7-16)19-20(29-18(28-19)10-13-25-21(29)24)15-4-8-17(9-5-15)30-22-26-11-1-12-27-22/h1-13H,23H2,(H2,24,25). The maximum Gasteiger partial charge on any atom is 0.321 e. The first-order valence-electron chi connectivity index (χ1n) is 9.23. The smallest absolute Gasteiger partial charge is 0.321 e.